The zero-order valence-electron chi connectivity index (χ0n) is 10.2. The van der Waals surface area contributed by atoms with E-state index in [1.54, 1.807) is 6.07 Å². The minimum Gasteiger partial charge on any atom is -0.309 e. The number of hydrogen-bond donors (Lipinski definition) is 1. The molecule has 0 unspecified atom stereocenters. The molecule has 0 amide bonds. The molecule has 0 fully saturated rings. The zero-order valence-corrected chi connectivity index (χ0v) is 10.2. The molecule has 1 nitrogen and oxygen atoms in total. The molecule has 19 heavy (non-hydrogen) atoms. The van der Waals surface area contributed by atoms with E-state index in [2.05, 4.69) is 5.32 Å². The molecule has 0 bridgehead atoms. The highest BCUT2D eigenvalue weighted by atomic mass is 19.4. The topological polar surface area (TPSA) is 12.0 Å². The van der Waals surface area contributed by atoms with Crippen molar-refractivity contribution in [3.63, 3.8) is 0 Å². The van der Waals surface area contributed by atoms with Gasteiger partial charge in [0.15, 0.2) is 0 Å². The lowest BCUT2D eigenvalue weighted by Crippen LogP contribution is -2.13. The van der Waals surface area contributed by atoms with Gasteiger partial charge < -0.3 is 5.32 Å². The van der Waals surface area contributed by atoms with Crippen molar-refractivity contribution in [3.05, 3.63) is 71.3 Å². The van der Waals surface area contributed by atoms with Crippen molar-refractivity contribution in [1.82, 2.24) is 5.32 Å². The maximum Gasteiger partial charge on any atom is 0.416 e. The van der Waals surface area contributed by atoms with Gasteiger partial charge in [0, 0.05) is 13.1 Å². The van der Waals surface area contributed by atoms with Gasteiger partial charge in [-0.1, -0.05) is 48.5 Å². The van der Waals surface area contributed by atoms with E-state index >= 15 is 0 Å². The van der Waals surface area contributed by atoms with Crippen LogP contribution >= 0.6 is 0 Å². The summed E-state index contributed by atoms with van der Waals surface area (Å²) >= 11 is 0. The lowest BCUT2D eigenvalue weighted by Gasteiger charge is -2.09. The van der Waals surface area contributed by atoms with Crippen LogP contribution in [0, 0.1) is 0 Å². The summed E-state index contributed by atoms with van der Waals surface area (Å²) in [6.45, 7) is 1.05. The number of nitrogens with one attached hydrogen (secondary N) is 1. The van der Waals surface area contributed by atoms with Gasteiger partial charge in [-0.05, 0) is 17.2 Å². The van der Waals surface area contributed by atoms with E-state index in [1.165, 1.54) is 12.1 Å². The number of alkyl halides is 3. The van der Waals surface area contributed by atoms with Crippen LogP contribution in [0.25, 0.3) is 0 Å². The van der Waals surface area contributed by atoms with E-state index in [1.807, 2.05) is 30.3 Å². The van der Waals surface area contributed by atoms with Crippen LogP contribution in [0.1, 0.15) is 16.7 Å². The number of hydrogen-bond acceptors (Lipinski definition) is 1. The first-order valence-corrected chi connectivity index (χ1v) is 5.96. The third kappa shape index (κ3) is 4.10. The van der Waals surface area contributed by atoms with E-state index in [-0.39, 0.29) is 0 Å². The van der Waals surface area contributed by atoms with Crippen molar-refractivity contribution in [2.75, 3.05) is 0 Å². The van der Waals surface area contributed by atoms with E-state index in [9.17, 15) is 13.2 Å². The highest BCUT2D eigenvalue weighted by Crippen LogP contribution is 2.29. The van der Waals surface area contributed by atoms with Crippen LogP contribution in [0.2, 0.25) is 0 Å². The summed E-state index contributed by atoms with van der Waals surface area (Å²) in [5.74, 6) is 0. The molecule has 0 saturated heterocycles. The Morgan fingerprint density at radius 3 is 2.11 bits per heavy atom. The minimum absolute atomic E-state index is 0.415. The van der Waals surface area contributed by atoms with Crippen LogP contribution in [-0.4, -0.2) is 0 Å². The summed E-state index contributed by atoms with van der Waals surface area (Å²) in [4.78, 5) is 0. The fourth-order valence-corrected chi connectivity index (χ4v) is 1.80. The van der Waals surface area contributed by atoms with Gasteiger partial charge in [-0.15, -0.1) is 0 Å². The largest absolute Gasteiger partial charge is 0.416 e. The third-order valence-corrected chi connectivity index (χ3v) is 2.76. The second kappa shape index (κ2) is 5.89. The monoisotopic (exact) mass is 265 g/mol. The maximum atomic E-state index is 12.5. The van der Waals surface area contributed by atoms with Crippen molar-refractivity contribution in [2.24, 2.45) is 0 Å². The van der Waals surface area contributed by atoms with Gasteiger partial charge in [-0.2, -0.15) is 13.2 Å². The van der Waals surface area contributed by atoms with Gasteiger partial charge in [0.1, 0.15) is 0 Å². The Balaban J connectivity index is 1.93. The molecule has 2 aromatic carbocycles. The van der Waals surface area contributed by atoms with Crippen LogP contribution in [0.15, 0.2) is 54.6 Å². The average Bonchev–Trinajstić information content (AvgIpc) is 2.39. The first-order valence-electron chi connectivity index (χ1n) is 5.96. The van der Waals surface area contributed by atoms with Crippen LogP contribution in [0.3, 0.4) is 0 Å². The predicted molar refractivity (Wildman–Crippen MR) is 68.4 cm³/mol. The molecular weight excluding hydrogens is 251 g/mol. The van der Waals surface area contributed by atoms with Crippen LogP contribution in [0.4, 0.5) is 13.2 Å². The summed E-state index contributed by atoms with van der Waals surface area (Å²) in [5.41, 5.74) is 1.13. The quantitative estimate of drug-likeness (QED) is 0.881. The second-order valence-corrected chi connectivity index (χ2v) is 4.29. The SMILES string of the molecule is FC(F)(F)c1cccc(CNCc2ccccc2)c1. The molecule has 100 valence electrons. The third-order valence-electron chi connectivity index (χ3n) is 2.76. The molecule has 0 aromatic heterocycles. The van der Waals surface area contributed by atoms with Gasteiger partial charge in [0.2, 0.25) is 0 Å². The fraction of sp³-hybridized carbons (Fsp3) is 0.200. The van der Waals surface area contributed by atoms with Gasteiger partial charge in [0.05, 0.1) is 5.56 Å². The number of benzene rings is 2. The Kier molecular flexibility index (Phi) is 4.22. The van der Waals surface area contributed by atoms with Gasteiger partial charge in [-0.25, -0.2) is 0 Å². The molecule has 0 atom stereocenters. The molecule has 0 spiro atoms. The van der Waals surface area contributed by atoms with Crippen molar-refractivity contribution < 1.29 is 13.2 Å². The van der Waals surface area contributed by atoms with Crippen LogP contribution in [-0.2, 0) is 19.3 Å². The second-order valence-electron chi connectivity index (χ2n) is 4.29. The molecule has 0 aliphatic heterocycles. The van der Waals surface area contributed by atoms with Crippen molar-refractivity contribution in [2.45, 2.75) is 19.3 Å². The average molecular weight is 265 g/mol. The molecule has 0 aliphatic carbocycles. The first-order chi connectivity index (χ1) is 9.05. The molecule has 0 aliphatic rings. The van der Waals surface area contributed by atoms with Crippen LogP contribution in [0.5, 0.6) is 0 Å². The number of rotatable bonds is 4. The van der Waals surface area contributed by atoms with E-state index in [4.69, 9.17) is 0 Å². The normalized spacial score (nSPS) is 11.5. The van der Waals surface area contributed by atoms with Crippen molar-refractivity contribution in [1.29, 1.82) is 0 Å². The molecule has 2 aromatic rings. The first kappa shape index (κ1) is 13.6. The lowest BCUT2D eigenvalue weighted by atomic mass is 10.1. The van der Waals surface area contributed by atoms with Gasteiger partial charge >= 0.3 is 6.18 Å². The summed E-state index contributed by atoms with van der Waals surface area (Å²) < 4.78 is 37.6. The van der Waals surface area contributed by atoms with E-state index in [0.717, 1.165) is 11.6 Å². The highest BCUT2D eigenvalue weighted by molar-refractivity contribution is 5.25. The molecule has 2 rings (SSSR count). The maximum absolute atomic E-state index is 12.5. The summed E-state index contributed by atoms with van der Waals surface area (Å²) in [6, 6.07) is 15.1. The predicted octanol–water partition coefficient (Wildman–Crippen LogP) is 4.00. The molecule has 0 radical (unpaired) electrons. The molecule has 0 saturated carbocycles. The minimum atomic E-state index is -4.28. The summed E-state index contributed by atoms with van der Waals surface area (Å²) in [7, 11) is 0. The van der Waals surface area contributed by atoms with Crippen molar-refractivity contribution in [3.8, 4) is 0 Å². The Hall–Kier alpha value is -1.81. The summed E-state index contributed by atoms with van der Waals surface area (Å²) in [5, 5.41) is 3.13. The zero-order chi connectivity index (χ0) is 13.7. The molecular formula is C15H14F3N. The van der Waals surface area contributed by atoms with E-state index in [0.29, 0.717) is 18.7 Å². The molecule has 4 heteroatoms. The van der Waals surface area contributed by atoms with Crippen molar-refractivity contribution >= 4 is 0 Å². The molecule has 1 N–H and O–H groups in total. The Bertz CT molecular complexity index is 520. The van der Waals surface area contributed by atoms with Crippen LogP contribution < -0.4 is 5.32 Å². The fourth-order valence-electron chi connectivity index (χ4n) is 1.80. The highest BCUT2D eigenvalue weighted by Gasteiger charge is 2.30. The van der Waals surface area contributed by atoms with E-state index < -0.39 is 11.7 Å². The Morgan fingerprint density at radius 1 is 0.789 bits per heavy atom. The summed E-state index contributed by atoms with van der Waals surface area (Å²) in [6.07, 6.45) is -4.28. The molecule has 0 heterocycles. The Morgan fingerprint density at radius 2 is 1.42 bits per heavy atom. The Labute approximate surface area is 110 Å². The number of halogens is 3. The van der Waals surface area contributed by atoms with Gasteiger partial charge in [-0.3, -0.25) is 0 Å². The standard InChI is InChI=1S/C15H14F3N/c16-15(17,18)14-8-4-7-13(9-14)11-19-10-12-5-2-1-3-6-12/h1-9,19H,10-11H2. The lowest BCUT2D eigenvalue weighted by molar-refractivity contribution is -0.137. The smallest absolute Gasteiger partial charge is 0.309 e. The van der Waals surface area contributed by atoms with Gasteiger partial charge in [0.25, 0.3) is 0 Å².